The van der Waals surface area contributed by atoms with Crippen molar-refractivity contribution in [2.24, 2.45) is 5.41 Å². The number of hydrogen-bond donors (Lipinski definition) is 1. The van der Waals surface area contributed by atoms with E-state index in [0.717, 1.165) is 57.6 Å². The molecule has 3 aromatic heterocycles. The lowest BCUT2D eigenvalue weighted by Gasteiger charge is -2.44. The standard InChI is InChI=1S/C35H42F4N8O3/c1-5-50-30(48)13-22(2)46-9-11-47(12-10-46)29-19-40-27(18-41-29)32-43-31-28(45(3)20-34(21-49-4)7-6-8-34)17-26(42-33(31)44-32)23-14-24(35(37,38)39)16-25(36)15-23/h14-19,22H,5-13,20-21H2,1-4H3,(H,42,43,44). The maximum absolute atomic E-state index is 14.5. The monoisotopic (exact) mass is 698 g/mol. The van der Waals surface area contributed by atoms with Crippen LogP contribution in [0.3, 0.4) is 0 Å². The third-order valence-electron chi connectivity index (χ3n) is 9.72. The fraction of sp³-hybridized carbons (Fsp3) is 0.514. The van der Waals surface area contributed by atoms with E-state index >= 15 is 0 Å². The van der Waals surface area contributed by atoms with Crippen LogP contribution in [0.1, 0.15) is 45.1 Å². The second-order valence-electron chi connectivity index (χ2n) is 13.3. The van der Waals surface area contributed by atoms with Crippen LogP contribution >= 0.6 is 0 Å². The Hall–Kier alpha value is -4.37. The van der Waals surface area contributed by atoms with Crippen LogP contribution in [0.25, 0.3) is 33.9 Å². The number of carbonyl (C=O) groups excluding carboxylic acids is 1. The number of imidazole rings is 1. The third kappa shape index (κ3) is 7.68. The van der Waals surface area contributed by atoms with Gasteiger partial charge >= 0.3 is 12.1 Å². The molecule has 1 aromatic carbocycles. The predicted octanol–water partition coefficient (Wildman–Crippen LogP) is 5.96. The van der Waals surface area contributed by atoms with Crippen LogP contribution in [0.5, 0.6) is 0 Å². The third-order valence-corrected chi connectivity index (χ3v) is 9.72. The Morgan fingerprint density at radius 3 is 2.44 bits per heavy atom. The van der Waals surface area contributed by atoms with Crippen molar-refractivity contribution < 1.29 is 31.8 Å². The van der Waals surface area contributed by atoms with Crippen LogP contribution in [-0.4, -0.2) is 102 Å². The highest BCUT2D eigenvalue weighted by Crippen LogP contribution is 2.43. The molecular formula is C35H42F4N8O3. The number of hydrogen-bond acceptors (Lipinski definition) is 10. The van der Waals surface area contributed by atoms with E-state index < -0.39 is 17.6 Å². The van der Waals surface area contributed by atoms with E-state index in [1.807, 2.05) is 18.9 Å². The molecule has 1 saturated heterocycles. The molecule has 1 aliphatic carbocycles. The maximum atomic E-state index is 14.5. The quantitative estimate of drug-likeness (QED) is 0.141. The number of ether oxygens (including phenoxy) is 2. The fourth-order valence-electron chi connectivity index (χ4n) is 6.95. The molecule has 2 aliphatic rings. The van der Waals surface area contributed by atoms with Crippen molar-refractivity contribution in [3.05, 3.63) is 48.0 Å². The molecule has 268 valence electrons. The second-order valence-corrected chi connectivity index (χ2v) is 13.3. The number of alkyl halides is 3. The predicted molar refractivity (Wildman–Crippen MR) is 181 cm³/mol. The molecule has 0 radical (unpaired) electrons. The second kappa shape index (κ2) is 14.5. The molecule has 15 heteroatoms. The molecule has 0 bridgehead atoms. The summed E-state index contributed by atoms with van der Waals surface area (Å²) in [5.41, 5.74) is 0.948. The number of rotatable bonds is 12. The van der Waals surface area contributed by atoms with Gasteiger partial charge in [0, 0.05) is 63.9 Å². The molecule has 50 heavy (non-hydrogen) atoms. The summed E-state index contributed by atoms with van der Waals surface area (Å²) in [7, 11) is 3.58. The molecule has 1 N–H and O–H groups in total. The number of aromatic amines is 1. The van der Waals surface area contributed by atoms with E-state index in [9.17, 15) is 22.4 Å². The maximum Gasteiger partial charge on any atom is 0.416 e. The van der Waals surface area contributed by atoms with Crippen molar-refractivity contribution in [3.8, 4) is 22.8 Å². The number of carbonyl (C=O) groups is 1. The van der Waals surface area contributed by atoms with Gasteiger partial charge in [-0.05, 0) is 51.0 Å². The smallest absolute Gasteiger partial charge is 0.416 e. The highest BCUT2D eigenvalue weighted by atomic mass is 19.4. The Bertz CT molecular complexity index is 1800. The lowest BCUT2D eigenvalue weighted by Crippen LogP contribution is -2.50. The highest BCUT2D eigenvalue weighted by Gasteiger charge is 2.39. The van der Waals surface area contributed by atoms with Gasteiger partial charge in [0.25, 0.3) is 0 Å². The summed E-state index contributed by atoms with van der Waals surface area (Å²) >= 11 is 0. The van der Waals surface area contributed by atoms with E-state index in [4.69, 9.17) is 9.47 Å². The Morgan fingerprint density at radius 2 is 1.82 bits per heavy atom. The summed E-state index contributed by atoms with van der Waals surface area (Å²) in [5, 5.41) is 0. The summed E-state index contributed by atoms with van der Waals surface area (Å²) in [6.07, 6.45) is 1.99. The van der Waals surface area contributed by atoms with Gasteiger partial charge in [0.1, 0.15) is 22.8 Å². The van der Waals surface area contributed by atoms with Gasteiger partial charge in [0.15, 0.2) is 11.5 Å². The Balaban J connectivity index is 1.27. The number of anilines is 2. The number of halogens is 4. The van der Waals surface area contributed by atoms with E-state index in [1.165, 1.54) is 0 Å². The van der Waals surface area contributed by atoms with Crippen LogP contribution in [0.2, 0.25) is 0 Å². The zero-order chi connectivity index (χ0) is 35.6. The first-order chi connectivity index (χ1) is 23.9. The summed E-state index contributed by atoms with van der Waals surface area (Å²) in [6.45, 7) is 8.37. The molecule has 4 aromatic rings. The van der Waals surface area contributed by atoms with Crippen LogP contribution < -0.4 is 9.80 Å². The minimum Gasteiger partial charge on any atom is -0.466 e. The number of H-pyrrole nitrogens is 1. The van der Waals surface area contributed by atoms with E-state index in [0.29, 0.717) is 60.8 Å². The highest BCUT2D eigenvalue weighted by molar-refractivity contribution is 5.91. The number of benzene rings is 1. The number of methoxy groups -OCH3 is 1. The average molecular weight is 699 g/mol. The topological polar surface area (TPSA) is 113 Å². The number of esters is 1. The Morgan fingerprint density at radius 1 is 1.06 bits per heavy atom. The van der Waals surface area contributed by atoms with Gasteiger partial charge in [-0.1, -0.05) is 6.42 Å². The molecular weight excluding hydrogens is 656 g/mol. The van der Waals surface area contributed by atoms with Crippen molar-refractivity contribution in [1.29, 1.82) is 0 Å². The number of nitrogens with one attached hydrogen (secondary N) is 1. The first-order valence-corrected chi connectivity index (χ1v) is 16.8. The lowest BCUT2D eigenvalue weighted by atomic mass is 9.69. The normalized spacial score (nSPS) is 17.1. The first kappa shape index (κ1) is 35.5. The Labute approximate surface area is 288 Å². The summed E-state index contributed by atoms with van der Waals surface area (Å²) < 4.78 is 66.0. The van der Waals surface area contributed by atoms with Crippen molar-refractivity contribution >= 4 is 28.6 Å². The molecule has 1 aliphatic heterocycles. The minimum absolute atomic E-state index is 0.00629. The summed E-state index contributed by atoms with van der Waals surface area (Å²) in [6, 6.07) is 4.16. The SMILES string of the molecule is CCOC(=O)CC(C)N1CCN(c2cnc(-c3nc4nc(-c5cc(F)cc(C(F)(F)F)c5)cc(N(C)CC5(COC)CCC5)c4[nH]3)cn2)CC1. The number of nitrogens with zero attached hydrogens (tertiary/aromatic N) is 7. The molecule has 0 amide bonds. The van der Waals surface area contributed by atoms with Crippen LogP contribution in [-0.2, 0) is 20.4 Å². The Kier molecular flexibility index (Phi) is 10.3. The van der Waals surface area contributed by atoms with Crippen LogP contribution in [0.4, 0.5) is 29.1 Å². The van der Waals surface area contributed by atoms with Gasteiger partial charge in [0.2, 0.25) is 0 Å². The van der Waals surface area contributed by atoms with Gasteiger partial charge in [-0.15, -0.1) is 0 Å². The van der Waals surface area contributed by atoms with E-state index in [1.54, 1.807) is 32.5 Å². The van der Waals surface area contributed by atoms with Crippen molar-refractivity contribution in [3.63, 3.8) is 0 Å². The molecule has 11 nitrogen and oxygen atoms in total. The number of aromatic nitrogens is 5. The van der Waals surface area contributed by atoms with Crippen LogP contribution in [0.15, 0.2) is 36.7 Å². The molecule has 1 atom stereocenters. The van der Waals surface area contributed by atoms with E-state index in [2.05, 4.69) is 34.7 Å². The number of piperazine rings is 1. The summed E-state index contributed by atoms with van der Waals surface area (Å²) in [4.78, 5) is 40.2. The van der Waals surface area contributed by atoms with Crippen molar-refractivity contribution in [2.75, 3.05) is 69.9 Å². The zero-order valence-electron chi connectivity index (χ0n) is 28.7. The summed E-state index contributed by atoms with van der Waals surface area (Å²) in [5.74, 6) is -0.108. The van der Waals surface area contributed by atoms with Gasteiger partial charge in [0.05, 0.1) is 49.0 Å². The van der Waals surface area contributed by atoms with Crippen molar-refractivity contribution in [1.82, 2.24) is 29.8 Å². The fourth-order valence-corrected chi connectivity index (χ4v) is 6.95. The van der Waals surface area contributed by atoms with Gasteiger partial charge in [-0.3, -0.25) is 9.69 Å². The minimum atomic E-state index is -4.72. The number of fused-ring (bicyclic) bond motifs is 1. The number of pyridine rings is 1. The zero-order valence-corrected chi connectivity index (χ0v) is 28.7. The van der Waals surface area contributed by atoms with E-state index in [-0.39, 0.29) is 34.3 Å². The molecule has 4 heterocycles. The van der Waals surface area contributed by atoms with Crippen molar-refractivity contribution in [2.45, 2.75) is 51.7 Å². The largest absolute Gasteiger partial charge is 0.466 e. The molecule has 0 spiro atoms. The molecule has 1 unspecified atom stereocenters. The van der Waals surface area contributed by atoms with Crippen LogP contribution in [0, 0.1) is 11.2 Å². The first-order valence-electron chi connectivity index (χ1n) is 16.8. The molecule has 6 rings (SSSR count). The average Bonchev–Trinajstić information content (AvgIpc) is 3.51. The van der Waals surface area contributed by atoms with Gasteiger partial charge < -0.3 is 24.3 Å². The lowest BCUT2D eigenvalue weighted by molar-refractivity contribution is -0.144. The molecule has 1 saturated carbocycles. The van der Waals surface area contributed by atoms with Gasteiger partial charge in [-0.25, -0.2) is 24.3 Å². The van der Waals surface area contributed by atoms with Gasteiger partial charge in [-0.2, -0.15) is 13.2 Å². The molecule has 2 fully saturated rings.